The Bertz CT molecular complexity index is 1400. The van der Waals surface area contributed by atoms with E-state index in [1.807, 2.05) is 0 Å². The highest BCUT2D eigenvalue weighted by Crippen LogP contribution is 2.48. The molecule has 1 atom stereocenters. The van der Waals surface area contributed by atoms with Crippen molar-refractivity contribution in [3.05, 3.63) is 59.2 Å². The second kappa shape index (κ2) is 11.8. The smallest absolute Gasteiger partial charge is 0.354 e. The number of rotatable bonds is 6. The first-order chi connectivity index (χ1) is 19.5. The number of carbonyl (C=O) groups is 2. The first-order valence-corrected chi connectivity index (χ1v) is 14.8. The zero-order valence-corrected chi connectivity index (χ0v) is 23.7. The monoisotopic (exact) mass is 619 g/mol. The molecule has 2 amide bonds. The maximum absolute atomic E-state index is 13.9. The van der Waals surface area contributed by atoms with Crippen LogP contribution in [0.4, 0.5) is 32.0 Å². The van der Waals surface area contributed by atoms with Crippen LogP contribution in [-0.2, 0) is 26.0 Å². The summed E-state index contributed by atoms with van der Waals surface area (Å²) in [6.45, 7) is 3.91. The predicted molar refractivity (Wildman–Crippen MR) is 142 cm³/mol. The van der Waals surface area contributed by atoms with E-state index in [4.69, 9.17) is 0 Å². The molecule has 14 heteroatoms. The largest absolute Gasteiger partial charge is 0.404 e. The second-order valence-electron chi connectivity index (χ2n) is 10.7. The molecule has 4 rings (SSSR count). The standard InChI is InChI=1S/C28H31F6N3O4S/c1-17-3-8-23(9-4-17)42(40,41)37-22(16-35-26(39)19-11-13-36(14-12-19)18(2)38)7-5-20-15-21(6-10-24(20)37)25(27(29,30)31)28(32,33)34/h3-4,6,8-10,15,19,22,25H,5,7,11-14,16H2,1-2H3,(H,35,39). The fourth-order valence-electron chi connectivity index (χ4n) is 5.55. The average Bonchev–Trinajstić information content (AvgIpc) is 2.90. The SMILES string of the molecule is CC(=O)N1CCC(C(=O)NCC2CCc3cc(C(C(F)(F)F)C(F)(F)F)ccc3N2S(=O)(=O)c2ccc(C)cc2)CC1. The Kier molecular flexibility index (Phi) is 8.87. The molecule has 2 aliphatic rings. The van der Waals surface area contributed by atoms with E-state index in [0.717, 1.165) is 22.0 Å². The summed E-state index contributed by atoms with van der Waals surface area (Å²) in [6.07, 6.45) is -10.3. The molecule has 1 saturated heterocycles. The van der Waals surface area contributed by atoms with Gasteiger partial charge in [0, 0.05) is 32.5 Å². The van der Waals surface area contributed by atoms with Crippen LogP contribution in [-0.4, -0.2) is 63.2 Å². The van der Waals surface area contributed by atoms with E-state index in [1.165, 1.54) is 19.1 Å². The normalized spacial score (nSPS) is 18.6. The topological polar surface area (TPSA) is 86.8 Å². The number of anilines is 1. The third-order valence-electron chi connectivity index (χ3n) is 7.81. The van der Waals surface area contributed by atoms with Gasteiger partial charge < -0.3 is 10.2 Å². The first-order valence-electron chi connectivity index (χ1n) is 13.4. The molecule has 7 nitrogen and oxygen atoms in total. The van der Waals surface area contributed by atoms with Crippen LogP contribution in [0.15, 0.2) is 47.4 Å². The third kappa shape index (κ3) is 6.68. The van der Waals surface area contributed by atoms with E-state index in [9.17, 15) is 44.3 Å². The number of nitrogens with zero attached hydrogens (tertiary/aromatic N) is 2. The number of fused-ring (bicyclic) bond motifs is 1. The van der Waals surface area contributed by atoms with Gasteiger partial charge >= 0.3 is 12.4 Å². The van der Waals surface area contributed by atoms with Crippen LogP contribution in [0, 0.1) is 12.8 Å². The minimum atomic E-state index is -5.60. The summed E-state index contributed by atoms with van der Waals surface area (Å²) in [5, 5.41) is 2.78. The molecule has 1 fully saturated rings. The zero-order chi connectivity index (χ0) is 31.0. The van der Waals surface area contributed by atoms with Crippen molar-refractivity contribution in [2.45, 2.75) is 68.7 Å². The van der Waals surface area contributed by atoms with Crippen LogP contribution < -0.4 is 9.62 Å². The summed E-state index contributed by atoms with van der Waals surface area (Å²) < 4.78 is 109. The Labute approximate surface area is 239 Å². The summed E-state index contributed by atoms with van der Waals surface area (Å²) in [7, 11) is -4.33. The molecule has 2 heterocycles. The molecule has 0 spiro atoms. The predicted octanol–water partition coefficient (Wildman–Crippen LogP) is 5.09. The van der Waals surface area contributed by atoms with Crippen LogP contribution in [0.3, 0.4) is 0 Å². The lowest BCUT2D eigenvalue weighted by Gasteiger charge is -2.39. The molecule has 0 saturated carbocycles. The number of sulfonamides is 1. The van der Waals surface area contributed by atoms with E-state index < -0.39 is 39.9 Å². The number of hydrogen-bond acceptors (Lipinski definition) is 4. The van der Waals surface area contributed by atoms with Gasteiger partial charge in [0.1, 0.15) is 0 Å². The fraction of sp³-hybridized carbons (Fsp3) is 0.500. The molecule has 2 aliphatic heterocycles. The lowest BCUT2D eigenvalue weighted by atomic mass is 9.91. The molecule has 0 aliphatic carbocycles. The highest BCUT2D eigenvalue weighted by Gasteiger charge is 2.57. The van der Waals surface area contributed by atoms with Gasteiger partial charge in [-0.15, -0.1) is 0 Å². The number of alkyl halides is 6. The average molecular weight is 620 g/mol. The Morgan fingerprint density at radius 2 is 1.55 bits per heavy atom. The molecule has 0 radical (unpaired) electrons. The first kappa shape index (κ1) is 31.6. The highest BCUT2D eigenvalue weighted by atomic mass is 32.2. The summed E-state index contributed by atoms with van der Waals surface area (Å²) in [6, 6.07) is 7.44. The number of carbonyl (C=O) groups excluding carboxylic acids is 2. The minimum Gasteiger partial charge on any atom is -0.354 e. The third-order valence-corrected chi connectivity index (χ3v) is 9.69. The van der Waals surface area contributed by atoms with Crippen molar-refractivity contribution in [3.63, 3.8) is 0 Å². The van der Waals surface area contributed by atoms with Crippen molar-refractivity contribution in [2.75, 3.05) is 23.9 Å². The van der Waals surface area contributed by atoms with E-state index in [0.29, 0.717) is 32.0 Å². The number of likely N-dealkylation sites (tertiary alicyclic amines) is 1. The van der Waals surface area contributed by atoms with Crippen molar-refractivity contribution in [3.8, 4) is 0 Å². The summed E-state index contributed by atoms with van der Waals surface area (Å²) in [4.78, 5) is 26.0. The molecule has 0 aromatic heterocycles. The van der Waals surface area contributed by atoms with Crippen LogP contribution in [0.5, 0.6) is 0 Å². The molecule has 0 bridgehead atoms. The summed E-state index contributed by atoms with van der Waals surface area (Å²) in [5.41, 5.74) is -0.253. The van der Waals surface area contributed by atoms with Crippen molar-refractivity contribution >= 4 is 27.5 Å². The Balaban J connectivity index is 1.65. The van der Waals surface area contributed by atoms with E-state index in [-0.39, 0.29) is 53.3 Å². The maximum Gasteiger partial charge on any atom is 0.404 e. The van der Waals surface area contributed by atoms with Gasteiger partial charge in [-0.2, -0.15) is 26.3 Å². The van der Waals surface area contributed by atoms with Crippen LogP contribution >= 0.6 is 0 Å². The molecular weight excluding hydrogens is 588 g/mol. The van der Waals surface area contributed by atoms with Crippen molar-refractivity contribution < 1.29 is 44.3 Å². The number of amides is 2. The highest BCUT2D eigenvalue weighted by molar-refractivity contribution is 7.92. The van der Waals surface area contributed by atoms with Gasteiger partial charge in [0.05, 0.1) is 16.6 Å². The molecule has 1 unspecified atom stereocenters. The Hall–Kier alpha value is -3.29. The van der Waals surface area contributed by atoms with E-state index >= 15 is 0 Å². The number of halogens is 6. The quantitative estimate of drug-likeness (QED) is 0.457. The summed E-state index contributed by atoms with van der Waals surface area (Å²) in [5.74, 6) is -4.51. The van der Waals surface area contributed by atoms with Crippen molar-refractivity contribution in [2.24, 2.45) is 5.92 Å². The zero-order valence-electron chi connectivity index (χ0n) is 22.9. The summed E-state index contributed by atoms with van der Waals surface area (Å²) >= 11 is 0. The van der Waals surface area contributed by atoms with Crippen molar-refractivity contribution in [1.29, 1.82) is 0 Å². The number of hydrogen-bond donors (Lipinski definition) is 1. The van der Waals surface area contributed by atoms with Crippen molar-refractivity contribution in [1.82, 2.24) is 10.2 Å². The van der Waals surface area contributed by atoms with Crippen LogP contribution in [0.2, 0.25) is 0 Å². The van der Waals surface area contributed by atoms with Gasteiger partial charge in [0.25, 0.3) is 10.0 Å². The van der Waals surface area contributed by atoms with Gasteiger partial charge in [0.2, 0.25) is 11.8 Å². The van der Waals surface area contributed by atoms with Crippen LogP contribution in [0.25, 0.3) is 0 Å². The Morgan fingerprint density at radius 1 is 0.952 bits per heavy atom. The van der Waals surface area contributed by atoms with E-state index in [1.54, 1.807) is 24.0 Å². The number of benzene rings is 2. The number of nitrogens with one attached hydrogen (secondary N) is 1. The molecule has 1 N–H and O–H groups in total. The molecule has 230 valence electrons. The lowest BCUT2D eigenvalue weighted by molar-refractivity contribution is -0.253. The lowest BCUT2D eigenvalue weighted by Crippen LogP contribution is -2.51. The molecule has 2 aromatic rings. The van der Waals surface area contributed by atoms with Gasteiger partial charge in [-0.25, -0.2) is 8.42 Å². The van der Waals surface area contributed by atoms with Gasteiger partial charge in [-0.3, -0.25) is 13.9 Å². The van der Waals surface area contributed by atoms with Gasteiger partial charge in [-0.05, 0) is 61.9 Å². The van der Waals surface area contributed by atoms with E-state index in [2.05, 4.69) is 5.32 Å². The number of aryl methyl sites for hydroxylation is 2. The Morgan fingerprint density at radius 3 is 2.10 bits per heavy atom. The van der Waals surface area contributed by atoms with Gasteiger partial charge in [-0.1, -0.05) is 29.8 Å². The number of piperidine rings is 1. The maximum atomic E-state index is 13.9. The molecule has 2 aromatic carbocycles. The molecule has 42 heavy (non-hydrogen) atoms. The molecular formula is C28H31F6N3O4S. The van der Waals surface area contributed by atoms with Gasteiger partial charge in [0.15, 0.2) is 5.92 Å². The fourth-order valence-corrected chi connectivity index (χ4v) is 7.27. The second-order valence-corrected chi connectivity index (χ2v) is 12.6. The van der Waals surface area contributed by atoms with Crippen LogP contribution in [0.1, 0.15) is 48.8 Å². The minimum absolute atomic E-state index is 0.00304.